The topological polar surface area (TPSA) is 67.5 Å². The van der Waals surface area contributed by atoms with E-state index >= 15 is 0 Å². The number of hydrazone groups is 1. The van der Waals surface area contributed by atoms with Gasteiger partial charge in [-0.3, -0.25) is 10.2 Å². The quantitative estimate of drug-likeness (QED) is 0.774. The molecule has 0 fully saturated rings. The zero-order valence-electron chi connectivity index (χ0n) is 10.4. The van der Waals surface area contributed by atoms with Gasteiger partial charge in [0.05, 0.1) is 17.0 Å². The molecule has 0 saturated carbocycles. The zero-order chi connectivity index (χ0) is 13.1. The lowest BCUT2D eigenvalue weighted by molar-refractivity contribution is -0.112. The Balaban J connectivity index is 2.55. The van der Waals surface area contributed by atoms with E-state index in [9.17, 15) is 4.79 Å². The molecule has 18 heavy (non-hydrogen) atoms. The van der Waals surface area contributed by atoms with Crippen molar-refractivity contribution in [3.05, 3.63) is 53.2 Å². The smallest absolute Gasteiger partial charge is 0.251 e. The van der Waals surface area contributed by atoms with Crippen LogP contribution in [0, 0.1) is 6.92 Å². The maximum Gasteiger partial charge on any atom is 0.251 e. The first kappa shape index (κ1) is 12.1. The molecule has 4 nitrogen and oxygen atoms in total. The Hall–Kier alpha value is -2.36. The Morgan fingerprint density at radius 3 is 2.50 bits per heavy atom. The lowest BCUT2D eigenvalue weighted by Gasteiger charge is -2.14. The average molecular weight is 241 g/mol. The van der Waals surface area contributed by atoms with Gasteiger partial charge >= 0.3 is 0 Å². The minimum atomic E-state index is -0.466. The van der Waals surface area contributed by atoms with E-state index < -0.39 is 5.91 Å². The fraction of sp³-hybridized carbons (Fsp3) is 0.143. The number of hydrogen-bond donors (Lipinski definition) is 2. The molecule has 4 heteroatoms. The normalized spacial score (nSPS) is 16.9. The summed E-state index contributed by atoms with van der Waals surface area (Å²) in [4.78, 5) is 11.7. The van der Waals surface area contributed by atoms with Crippen LogP contribution in [-0.2, 0) is 4.79 Å². The number of nitrogens with one attached hydrogen (secondary N) is 1. The second kappa shape index (κ2) is 4.87. The van der Waals surface area contributed by atoms with Crippen LogP contribution in [0.2, 0.25) is 0 Å². The summed E-state index contributed by atoms with van der Waals surface area (Å²) in [7, 11) is 0. The van der Waals surface area contributed by atoms with Gasteiger partial charge in [-0.05, 0) is 37.1 Å². The molecule has 0 aliphatic carbocycles. The van der Waals surface area contributed by atoms with Crippen LogP contribution in [0.3, 0.4) is 0 Å². The molecule has 1 aromatic carbocycles. The van der Waals surface area contributed by atoms with E-state index in [-0.39, 0.29) is 0 Å². The van der Waals surface area contributed by atoms with Crippen LogP contribution in [0.15, 0.2) is 47.2 Å². The van der Waals surface area contributed by atoms with Crippen LogP contribution in [0.25, 0.3) is 5.57 Å². The first-order valence-electron chi connectivity index (χ1n) is 5.68. The Morgan fingerprint density at radius 2 is 1.94 bits per heavy atom. The number of primary amides is 1. The third kappa shape index (κ3) is 2.32. The fourth-order valence-corrected chi connectivity index (χ4v) is 1.83. The number of carbonyl (C=O) groups excluding carboxylic acids is 1. The first-order valence-corrected chi connectivity index (χ1v) is 5.68. The monoisotopic (exact) mass is 241 g/mol. The molecular weight excluding hydrogens is 226 g/mol. The van der Waals surface area contributed by atoms with Gasteiger partial charge in [0.25, 0.3) is 5.91 Å². The number of aryl methyl sites for hydroxylation is 1. The number of benzene rings is 1. The molecular formula is C14H15N3O. The largest absolute Gasteiger partial charge is 0.366 e. The van der Waals surface area contributed by atoms with Gasteiger partial charge in [-0.15, -0.1) is 0 Å². The minimum absolute atomic E-state index is 0.459. The number of amides is 1. The molecule has 0 atom stereocenters. The van der Waals surface area contributed by atoms with Crippen LogP contribution < -0.4 is 11.2 Å². The second-order valence-electron chi connectivity index (χ2n) is 4.17. The summed E-state index contributed by atoms with van der Waals surface area (Å²) in [5.74, 6) is -0.466. The molecule has 1 amide bonds. The molecule has 92 valence electrons. The number of hydrogen-bond acceptors (Lipinski definition) is 3. The SMILES string of the molecule is CC1=NN/C(=C(\C(N)=O)c2ccccc2C)C=C1. The van der Waals surface area contributed by atoms with E-state index in [1.165, 1.54) is 0 Å². The van der Waals surface area contributed by atoms with Gasteiger partial charge in [0.15, 0.2) is 0 Å². The Morgan fingerprint density at radius 1 is 1.22 bits per heavy atom. The molecule has 2 rings (SSSR count). The van der Waals surface area contributed by atoms with Gasteiger partial charge in [0.2, 0.25) is 0 Å². The van der Waals surface area contributed by atoms with E-state index in [4.69, 9.17) is 5.73 Å². The first-order chi connectivity index (χ1) is 8.59. The molecule has 0 unspecified atom stereocenters. The summed E-state index contributed by atoms with van der Waals surface area (Å²) in [6.45, 7) is 3.82. The molecule has 1 aromatic rings. The van der Waals surface area contributed by atoms with Gasteiger partial charge in [-0.25, -0.2) is 0 Å². The highest BCUT2D eigenvalue weighted by Gasteiger charge is 2.16. The summed E-state index contributed by atoms with van der Waals surface area (Å²) in [5.41, 5.74) is 12.1. The Bertz CT molecular complexity index is 582. The third-order valence-corrected chi connectivity index (χ3v) is 2.77. The van der Waals surface area contributed by atoms with Crippen molar-refractivity contribution in [3.63, 3.8) is 0 Å². The third-order valence-electron chi connectivity index (χ3n) is 2.77. The standard InChI is InChI=1S/C14H15N3O/c1-9-5-3-4-6-11(9)13(14(15)18)12-8-7-10(2)16-17-12/h3-8,17H,1-2H3,(H2,15,18)/b13-12-. The maximum atomic E-state index is 11.7. The van der Waals surface area contributed by atoms with E-state index in [1.54, 1.807) is 0 Å². The maximum absolute atomic E-state index is 11.7. The minimum Gasteiger partial charge on any atom is -0.366 e. The molecule has 0 aromatic heterocycles. The van der Waals surface area contributed by atoms with Crippen LogP contribution in [-0.4, -0.2) is 11.6 Å². The molecule has 0 radical (unpaired) electrons. The number of nitrogens with two attached hydrogens (primary N) is 1. The van der Waals surface area contributed by atoms with Gasteiger partial charge < -0.3 is 5.73 Å². The van der Waals surface area contributed by atoms with E-state index in [0.717, 1.165) is 16.8 Å². The highest BCUT2D eigenvalue weighted by molar-refractivity contribution is 6.20. The van der Waals surface area contributed by atoms with Crippen molar-refractivity contribution in [2.45, 2.75) is 13.8 Å². The predicted octanol–water partition coefficient (Wildman–Crippen LogP) is 1.73. The van der Waals surface area contributed by atoms with Crippen LogP contribution in [0.4, 0.5) is 0 Å². The molecule has 1 aliphatic rings. The van der Waals surface area contributed by atoms with Crippen LogP contribution >= 0.6 is 0 Å². The average Bonchev–Trinajstić information content (AvgIpc) is 2.34. The lowest BCUT2D eigenvalue weighted by atomic mass is 9.98. The molecule has 1 aliphatic heterocycles. The number of rotatable bonds is 2. The highest BCUT2D eigenvalue weighted by atomic mass is 16.1. The van der Waals surface area contributed by atoms with Crippen LogP contribution in [0.1, 0.15) is 18.1 Å². The Labute approximate surface area is 106 Å². The summed E-state index contributed by atoms with van der Waals surface area (Å²) >= 11 is 0. The molecule has 0 spiro atoms. The molecule has 3 N–H and O–H groups in total. The molecule has 0 bridgehead atoms. The summed E-state index contributed by atoms with van der Waals surface area (Å²) in [6, 6.07) is 7.63. The highest BCUT2D eigenvalue weighted by Crippen LogP contribution is 2.22. The number of carbonyl (C=O) groups is 1. The van der Waals surface area contributed by atoms with Gasteiger partial charge in [-0.1, -0.05) is 24.3 Å². The summed E-state index contributed by atoms with van der Waals surface area (Å²) < 4.78 is 0. The fourth-order valence-electron chi connectivity index (χ4n) is 1.83. The van der Waals surface area contributed by atoms with E-state index in [1.807, 2.05) is 50.3 Å². The number of nitrogens with zero attached hydrogens (tertiary/aromatic N) is 1. The summed E-state index contributed by atoms with van der Waals surface area (Å²) in [6.07, 6.45) is 3.65. The summed E-state index contributed by atoms with van der Waals surface area (Å²) in [5, 5.41) is 4.08. The van der Waals surface area contributed by atoms with Crippen molar-refractivity contribution in [3.8, 4) is 0 Å². The number of allylic oxidation sites excluding steroid dienone is 2. The van der Waals surface area contributed by atoms with Gasteiger partial charge in [0, 0.05) is 0 Å². The van der Waals surface area contributed by atoms with Crippen molar-refractivity contribution in [1.82, 2.24) is 5.43 Å². The van der Waals surface area contributed by atoms with E-state index in [2.05, 4.69) is 10.5 Å². The predicted molar refractivity (Wildman–Crippen MR) is 72.7 cm³/mol. The van der Waals surface area contributed by atoms with Crippen LogP contribution in [0.5, 0.6) is 0 Å². The zero-order valence-corrected chi connectivity index (χ0v) is 10.4. The molecule has 1 heterocycles. The van der Waals surface area contributed by atoms with Crippen molar-refractivity contribution in [2.24, 2.45) is 10.8 Å². The van der Waals surface area contributed by atoms with Gasteiger partial charge in [0.1, 0.15) is 0 Å². The molecule has 0 saturated heterocycles. The van der Waals surface area contributed by atoms with Crippen molar-refractivity contribution in [2.75, 3.05) is 0 Å². The van der Waals surface area contributed by atoms with Crippen molar-refractivity contribution < 1.29 is 4.79 Å². The second-order valence-corrected chi connectivity index (χ2v) is 4.17. The Kier molecular flexibility index (Phi) is 3.28. The van der Waals surface area contributed by atoms with Crippen molar-refractivity contribution in [1.29, 1.82) is 0 Å². The van der Waals surface area contributed by atoms with Crippen molar-refractivity contribution >= 4 is 17.2 Å². The van der Waals surface area contributed by atoms with E-state index in [0.29, 0.717) is 11.3 Å². The van der Waals surface area contributed by atoms with Gasteiger partial charge in [-0.2, -0.15) is 5.10 Å². The lowest BCUT2D eigenvalue weighted by Crippen LogP contribution is -2.21.